The highest BCUT2D eigenvalue weighted by atomic mass is 35.5. The molecule has 2 nitrogen and oxygen atoms in total. The Morgan fingerprint density at radius 2 is 1.85 bits per heavy atom. The lowest BCUT2D eigenvalue weighted by Gasteiger charge is -2.05. The van der Waals surface area contributed by atoms with E-state index in [2.05, 4.69) is 17.7 Å². The monoisotopic (exact) mass is 293 g/mol. The van der Waals surface area contributed by atoms with Crippen LogP contribution in [0.1, 0.15) is 51.0 Å². The van der Waals surface area contributed by atoms with Crippen LogP contribution in [0.15, 0.2) is 24.4 Å². The van der Waals surface area contributed by atoms with Crippen molar-refractivity contribution in [2.45, 2.75) is 58.6 Å². The minimum atomic E-state index is 0.0850. The van der Waals surface area contributed by atoms with Crippen LogP contribution in [-0.4, -0.2) is 9.67 Å². The molecule has 0 fully saturated rings. The molecule has 0 unspecified atom stereocenters. The van der Waals surface area contributed by atoms with Gasteiger partial charge in [-0.15, -0.1) is 0 Å². The Morgan fingerprint density at radius 1 is 1.10 bits per heavy atom. The first-order chi connectivity index (χ1) is 9.76. The third kappa shape index (κ3) is 3.77. The number of aliphatic hydroxyl groups is 1. The first-order valence-corrected chi connectivity index (χ1v) is 8.02. The van der Waals surface area contributed by atoms with Crippen LogP contribution in [0.3, 0.4) is 0 Å². The van der Waals surface area contributed by atoms with Crippen LogP contribution in [0.5, 0.6) is 0 Å². The largest absolute Gasteiger partial charge is 0.392 e. The summed E-state index contributed by atoms with van der Waals surface area (Å²) in [5.41, 5.74) is 2.12. The number of hydrogen-bond donors (Lipinski definition) is 1. The smallest absolute Gasteiger partial charge is 0.0702 e. The van der Waals surface area contributed by atoms with Crippen molar-refractivity contribution in [3.63, 3.8) is 0 Å². The number of rotatable bonds is 8. The van der Waals surface area contributed by atoms with Crippen LogP contribution in [0.4, 0.5) is 0 Å². The zero-order chi connectivity index (χ0) is 14.4. The van der Waals surface area contributed by atoms with Gasteiger partial charge in [-0.25, -0.2) is 0 Å². The Morgan fingerprint density at radius 3 is 2.60 bits per heavy atom. The van der Waals surface area contributed by atoms with E-state index in [0.717, 1.165) is 28.0 Å². The molecular weight excluding hydrogens is 270 g/mol. The van der Waals surface area contributed by atoms with Gasteiger partial charge in [0.2, 0.25) is 0 Å². The molecule has 0 aliphatic heterocycles. The summed E-state index contributed by atoms with van der Waals surface area (Å²) in [6.07, 6.45) is 9.82. The first-order valence-electron chi connectivity index (χ1n) is 7.64. The molecular formula is C17H24ClNO. The molecule has 0 atom stereocenters. The van der Waals surface area contributed by atoms with Gasteiger partial charge in [-0.05, 0) is 18.6 Å². The van der Waals surface area contributed by atoms with E-state index in [1.54, 1.807) is 0 Å². The Hall–Kier alpha value is -0.990. The minimum Gasteiger partial charge on any atom is -0.392 e. The van der Waals surface area contributed by atoms with Crippen LogP contribution in [0.25, 0.3) is 10.9 Å². The zero-order valence-electron chi connectivity index (χ0n) is 12.2. The summed E-state index contributed by atoms with van der Waals surface area (Å²) in [5.74, 6) is 0. The summed E-state index contributed by atoms with van der Waals surface area (Å²) in [5, 5.41) is 11.3. The number of fused-ring (bicyclic) bond motifs is 1. The second-order valence-corrected chi connectivity index (χ2v) is 5.87. The van der Waals surface area contributed by atoms with Gasteiger partial charge < -0.3 is 9.67 Å². The maximum Gasteiger partial charge on any atom is 0.0702 e. The first kappa shape index (κ1) is 15.4. The van der Waals surface area contributed by atoms with E-state index >= 15 is 0 Å². The molecule has 0 amide bonds. The van der Waals surface area contributed by atoms with Gasteiger partial charge in [0.1, 0.15) is 0 Å². The van der Waals surface area contributed by atoms with Crippen LogP contribution in [-0.2, 0) is 13.2 Å². The van der Waals surface area contributed by atoms with E-state index in [9.17, 15) is 5.11 Å². The average molecular weight is 294 g/mol. The van der Waals surface area contributed by atoms with Crippen molar-refractivity contribution < 1.29 is 5.11 Å². The molecule has 0 aliphatic carbocycles. The summed E-state index contributed by atoms with van der Waals surface area (Å²) < 4.78 is 2.23. The molecule has 0 saturated carbocycles. The van der Waals surface area contributed by atoms with Crippen molar-refractivity contribution in [2.75, 3.05) is 0 Å². The highest BCUT2D eigenvalue weighted by molar-refractivity contribution is 6.31. The number of unbranched alkanes of at least 4 members (excludes halogenated alkanes) is 5. The van der Waals surface area contributed by atoms with Crippen molar-refractivity contribution in [1.29, 1.82) is 0 Å². The summed E-state index contributed by atoms with van der Waals surface area (Å²) >= 11 is 6.09. The number of benzene rings is 1. The fourth-order valence-corrected chi connectivity index (χ4v) is 2.88. The fraction of sp³-hybridized carbons (Fsp3) is 0.529. The van der Waals surface area contributed by atoms with E-state index in [1.165, 1.54) is 38.5 Å². The van der Waals surface area contributed by atoms with Crippen molar-refractivity contribution in [2.24, 2.45) is 0 Å². The molecule has 1 aromatic heterocycles. The predicted molar refractivity (Wildman–Crippen MR) is 86.2 cm³/mol. The quantitative estimate of drug-likeness (QED) is 0.669. The SMILES string of the molecule is CCCCCCCCn1cc(CO)c2ccc(Cl)cc21. The molecule has 0 bridgehead atoms. The molecule has 1 heterocycles. The third-order valence-corrected chi connectivity index (χ3v) is 4.08. The normalized spacial score (nSPS) is 11.3. The molecule has 3 heteroatoms. The Labute approximate surface area is 126 Å². The Bertz CT molecular complexity index is 547. The zero-order valence-corrected chi connectivity index (χ0v) is 13.0. The molecule has 1 aromatic carbocycles. The summed E-state index contributed by atoms with van der Waals surface area (Å²) in [6, 6.07) is 5.88. The standard InChI is InChI=1S/C17H24ClNO/c1-2-3-4-5-6-7-10-19-12-14(13-20)16-9-8-15(18)11-17(16)19/h8-9,11-12,20H,2-7,10,13H2,1H3. The van der Waals surface area contributed by atoms with E-state index in [-0.39, 0.29) is 6.61 Å². The van der Waals surface area contributed by atoms with Crippen LogP contribution in [0.2, 0.25) is 5.02 Å². The van der Waals surface area contributed by atoms with Crippen molar-refractivity contribution in [1.82, 2.24) is 4.57 Å². The van der Waals surface area contributed by atoms with Gasteiger partial charge in [-0.1, -0.05) is 56.7 Å². The van der Waals surface area contributed by atoms with Crippen LogP contribution >= 0.6 is 11.6 Å². The van der Waals surface area contributed by atoms with Gasteiger partial charge in [0, 0.05) is 34.2 Å². The van der Waals surface area contributed by atoms with Gasteiger partial charge in [-0.2, -0.15) is 0 Å². The maximum atomic E-state index is 9.44. The van der Waals surface area contributed by atoms with Gasteiger partial charge in [0.25, 0.3) is 0 Å². The lowest BCUT2D eigenvalue weighted by molar-refractivity contribution is 0.283. The molecule has 2 rings (SSSR count). The molecule has 1 N–H and O–H groups in total. The van der Waals surface area contributed by atoms with Gasteiger partial charge in [-0.3, -0.25) is 0 Å². The molecule has 2 aromatic rings. The lowest BCUT2D eigenvalue weighted by atomic mass is 10.1. The highest BCUT2D eigenvalue weighted by Gasteiger charge is 2.08. The molecule has 0 radical (unpaired) electrons. The van der Waals surface area contributed by atoms with E-state index in [4.69, 9.17) is 11.6 Å². The summed E-state index contributed by atoms with van der Waals surface area (Å²) in [4.78, 5) is 0. The van der Waals surface area contributed by atoms with Crippen LogP contribution in [0, 0.1) is 0 Å². The molecule has 0 spiro atoms. The molecule has 20 heavy (non-hydrogen) atoms. The van der Waals surface area contributed by atoms with Gasteiger partial charge in [0.05, 0.1) is 6.61 Å². The number of nitrogens with zero attached hydrogens (tertiary/aromatic N) is 1. The van der Waals surface area contributed by atoms with Gasteiger partial charge >= 0.3 is 0 Å². The molecule has 0 saturated heterocycles. The van der Waals surface area contributed by atoms with E-state index in [0.29, 0.717) is 0 Å². The number of hydrogen-bond acceptors (Lipinski definition) is 1. The van der Waals surface area contributed by atoms with Crippen molar-refractivity contribution in [3.05, 3.63) is 35.0 Å². The predicted octanol–water partition coefficient (Wildman–Crippen LogP) is 5.15. The van der Waals surface area contributed by atoms with Crippen LogP contribution < -0.4 is 0 Å². The highest BCUT2D eigenvalue weighted by Crippen LogP contribution is 2.25. The number of aliphatic hydroxyl groups excluding tert-OH is 1. The van der Waals surface area contributed by atoms with Crippen molar-refractivity contribution >= 4 is 22.5 Å². The Kier molecular flexibility index (Phi) is 5.93. The Balaban J connectivity index is 2.00. The molecule has 110 valence electrons. The fourth-order valence-electron chi connectivity index (χ4n) is 2.71. The number of aromatic nitrogens is 1. The number of halogens is 1. The summed E-state index contributed by atoms with van der Waals surface area (Å²) in [6.45, 7) is 3.33. The maximum absolute atomic E-state index is 9.44. The van der Waals surface area contributed by atoms with Gasteiger partial charge in [0.15, 0.2) is 0 Å². The lowest BCUT2D eigenvalue weighted by Crippen LogP contribution is -1.96. The van der Waals surface area contributed by atoms with E-state index in [1.807, 2.05) is 18.2 Å². The van der Waals surface area contributed by atoms with Crippen molar-refractivity contribution in [3.8, 4) is 0 Å². The second-order valence-electron chi connectivity index (χ2n) is 5.44. The minimum absolute atomic E-state index is 0.0850. The molecule has 0 aliphatic rings. The topological polar surface area (TPSA) is 25.2 Å². The van der Waals surface area contributed by atoms with E-state index < -0.39 is 0 Å². The average Bonchev–Trinajstić information content (AvgIpc) is 2.80. The number of aryl methyl sites for hydroxylation is 1. The third-order valence-electron chi connectivity index (χ3n) is 3.85. The summed E-state index contributed by atoms with van der Waals surface area (Å²) in [7, 11) is 0. The second kappa shape index (κ2) is 7.70.